The second-order valence-corrected chi connectivity index (χ2v) is 5.92. The van der Waals surface area contributed by atoms with Gasteiger partial charge in [0.2, 0.25) is 5.95 Å². The Bertz CT molecular complexity index is 925. The minimum Gasteiger partial charge on any atom is -0.340 e. The third kappa shape index (κ3) is 4.09. The van der Waals surface area contributed by atoms with Crippen LogP contribution in [0, 0.1) is 32.4 Å². The van der Waals surface area contributed by atoms with E-state index < -0.39 is 11.6 Å². The van der Waals surface area contributed by atoms with Crippen molar-refractivity contribution in [3.8, 4) is 0 Å². The van der Waals surface area contributed by atoms with Crippen molar-refractivity contribution in [3.05, 3.63) is 70.9 Å². The van der Waals surface area contributed by atoms with E-state index in [0.29, 0.717) is 17.5 Å². The third-order valence-electron chi connectivity index (χ3n) is 3.69. The van der Waals surface area contributed by atoms with Crippen molar-refractivity contribution in [2.45, 2.75) is 20.8 Å². The molecule has 0 fully saturated rings. The Morgan fingerprint density at radius 1 is 0.800 bits per heavy atom. The quantitative estimate of drug-likeness (QED) is 0.688. The fourth-order valence-electron chi connectivity index (χ4n) is 2.40. The van der Waals surface area contributed by atoms with Crippen LogP contribution in [0.5, 0.6) is 0 Å². The smallest absolute Gasteiger partial charge is 0.229 e. The highest BCUT2D eigenvalue weighted by Gasteiger charge is 2.07. The molecule has 6 heteroatoms. The van der Waals surface area contributed by atoms with Crippen molar-refractivity contribution < 1.29 is 8.78 Å². The van der Waals surface area contributed by atoms with Gasteiger partial charge in [0.05, 0.1) is 0 Å². The van der Waals surface area contributed by atoms with Crippen LogP contribution >= 0.6 is 0 Å². The standard InChI is InChI=1S/C19H18F2N4/c1-11-4-5-12(2)17(8-11)24-18-9-13(3)22-19(25-18)23-14-6-7-15(20)16(21)10-14/h4-10H,1-3H3,(H2,22,23,24,25). The SMILES string of the molecule is Cc1ccc(C)c(Nc2cc(C)nc(Nc3ccc(F)c(F)c3)n2)c1. The predicted octanol–water partition coefficient (Wildman–Crippen LogP) is 5.17. The average Bonchev–Trinajstić information content (AvgIpc) is 2.54. The molecule has 0 saturated heterocycles. The van der Waals surface area contributed by atoms with E-state index in [-0.39, 0.29) is 0 Å². The number of anilines is 4. The lowest BCUT2D eigenvalue weighted by Gasteiger charge is -2.12. The molecule has 0 atom stereocenters. The molecule has 0 aliphatic carbocycles. The molecule has 3 aromatic rings. The minimum atomic E-state index is -0.925. The first-order valence-corrected chi connectivity index (χ1v) is 7.83. The Morgan fingerprint density at radius 2 is 1.60 bits per heavy atom. The van der Waals surface area contributed by atoms with Crippen LogP contribution in [0.4, 0.5) is 31.9 Å². The lowest BCUT2D eigenvalue weighted by molar-refractivity contribution is 0.509. The van der Waals surface area contributed by atoms with Crippen molar-refractivity contribution in [2.24, 2.45) is 0 Å². The zero-order valence-electron chi connectivity index (χ0n) is 14.2. The second-order valence-electron chi connectivity index (χ2n) is 5.92. The Morgan fingerprint density at radius 3 is 2.36 bits per heavy atom. The molecule has 1 heterocycles. The fraction of sp³-hybridized carbons (Fsp3) is 0.158. The van der Waals surface area contributed by atoms with E-state index in [0.717, 1.165) is 34.6 Å². The van der Waals surface area contributed by atoms with Crippen LogP contribution in [0.15, 0.2) is 42.5 Å². The van der Waals surface area contributed by atoms with Gasteiger partial charge < -0.3 is 10.6 Å². The van der Waals surface area contributed by atoms with Gasteiger partial charge in [-0.15, -0.1) is 0 Å². The van der Waals surface area contributed by atoms with Crippen molar-refractivity contribution in [3.63, 3.8) is 0 Å². The van der Waals surface area contributed by atoms with Crippen LogP contribution in [0.2, 0.25) is 0 Å². The number of hydrogen-bond donors (Lipinski definition) is 2. The molecule has 1 aromatic heterocycles. The Hall–Kier alpha value is -3.02. The first-order valence-electron chi connectivity index (χ1n) is 7.83. The van der Waals surface area contributed by atoms with Gasteiger partial charge in [0, 0.05) is 29.2 Å². The number of nitrogens with zero attached hydrogens (tertiary/aromatic N) is 2. The van der Waals surface area contributed by atoms with Crippen LogP contribution in [-0.2, 0) is 0 Å². The fourth-order valence-corrected chi connectivity index (χ4v) is 2.40. The molecule has 0 bridgehead atoms. The van der Waals surface area contributed by atoms with E-state index in [4.69, 9.17) is 0 Å². The molecule has 4 nitrogen and oxygen atoms in total. The third-order valence-corrected chi connectivity index (χ3v) is 3.69. The summed E-state index contributed by atoms with van der Waals surface area (Å²) >= 11 is 0. The van der Waals surface area contributed by atoms with E-state index in [1.165, 1.54) is 6.07 Å². The number of hydrogen-bond acceptors (Lipinski definition) is 4. The van der Waals surface area contributed by atoms with Gasteiger partial charge in [-0.25, -0.2) is 13.8 Å². The normalized spacial score (nSPS) is 10.6. The topological polar surface area (TPSA) is 49.8 Å². The first-order chi connectivity index (χ1) is 11.9. The first kappa shape index (κ1) is 16.8. The van der Waals surface area contributed by atoms with Gasteiger partial charge in [0.15, 0.2) is 11.6 Å². The number of aryl methyl sites for hydroxylation is 3. The highest BCUT2D eigenvalue weighted by molar-refractivity contribution is 5.63. The highest BCUT2D eigenvalue weighted by Crippen LogP contribution is 2.23. The van der Waals surface area contributed by atoms with Gasteiger partial charge in [-0.2, -0.15) is 4.98 Å². The highest BCUT2D eigenvalue weighted by atomic mass is 19.2. The molecule has 0 unspecified atom stereocenters. The second kappa shape index (κ2) is 6.84. The van der Waals surface area contributed by atoms with Gasteiger partial charge >= 0.3 is 0 Å². The zero-order valence-corrected chi connectivity index (χ0v) is 14.2. The summed E-state index contributed by atoms with van der Waals surface area (Å²) < 4.78 is 26.4. The molecule has 0 amide bonds. The van der Waals surface area contributed by atoms with Crippen molar-refractivity contribution >= 4 is 23.1 Å². The summed E-state index contributed by atoms with van der Waals surface area (Å²) in [6, 6.07) is 11.5. The van der Waals surface area contributed by atoms with Crippen LogP contribution in [0.3, 0.4) is 0 Å². The number of rotatable bonds is 4. The molecule has 0 aliphatic rings. The summed E-state index contributed by atoms with van der Waals surface area (Å²) in [5, 5.41) is 6.17. The summed E-state index contributed by atoms with van der Waals surface area (Å²) in [5.74, 6) is -0.899. The van der Waals surface area contributed by atoms with E-state index in [1.807, 2.05) is 45.0 Å². The monoisotopic (exact) mass is 340 g/mol. The number of benzene rings is 2. The van der Waals surface area contributed by atoms with Crippen molar-refractivity contribution in [2.75, 3.05) is 10.6 Å². The van der Waals surface area contributed by atoms with E-state index in [2.05, 4.69) is 20.6 Å². The number of halogens is 2. The van der Waals surface area contributed by atoms with Gasteiger partial charge in [-0.3, -0.25) is 0 Å². The maximum absolute atomic E-state index is 13.3. The summed E-state index contributed by atoms with van der Waals surface area (Å²) in [6.45, 7) is 5.87. The summed E-state index contributed by atoms with van der Waals surface area (Å²) in [4.78, 5) is 8.68. The summed E-state index contributed by atoms with van der Waals surface area (Å²) in [7, 11) is 0. The molecular formula is C19H18F2N4. The molecule has 25 heavy (non-hydrogen) atoms. The maximum Gasteiger partial charge on any atom is 0.229 e. The molecular weight excluding hydrogens is 322 g/mol. The molecule has 0 saturated carbocycles. The average molecular weight is 340 g/mol. The molecule has 2 aromatic carbocycles. The molecule has 0 radical (unpaired) electrons. The molecule has 0 spiro atoms. The number of nitrogens with one attached hydrogen (secondary N) is 2. The molecule has 128 valence electrons. The molecule has 0 aliphatic heterocycles. The Labute approximate surface area is 145 Å². The van der Waals surface area contributed by atoms with Gasteiger partial charge in [-0.05, 0) is 50.1 Å². The van der Waals surface area contributed by atoms with Crippen LogP contribution in [0.1, 0.15) is 16.8 Å². The van der Waals surface area contributed by atoms with E-state index in [1.54, 1.807) is 0 Å². The lowest BCUT2D eigenvalue weighted by Crippen LogP contribution is -2.03. The molecule has 2 N–H and O–H groups in total. The van der Waals surface area contributed by atoms with Crippen LogP contribution in [-0.4, -0.2) is 9.97 Å². The largest absolute Gasteiger partial charge is 0.340 e. The van der Waals surface area contributed by atoms with Crippen molar-refractivity contribution in [1.82, 2.24) is 9.97 Å². The summed E-state index contributed by atoms with van der Waals surface area (Å²) in [6.07, 6.45) is 0. The Balaban J connectivity index is 1.87. The van der Waals surface area contributed by atoms with Crippen LogP contribution < -0.4 is 10.6 Å². The Kier molecular flexibility index (Phi) is 4.61. The van der Waals surface area contributed by atoms with Gasteiger partial charge in [0.25, 0.3) is 0 Å². The number of aromatic nitrogens is 2. The van der Waals surface area contributed by atoms with E-state index >= 15 is 0 Å². The summed E-state index contributed by atoms with van der Waals surface area (Å²) in [5.41, 5.74) is 4.31. The van der Waals surface area contributed by atoms with Crippen LogP contribution in [0.25, 0.3) is 0 Å². The molecule has 3 rings (SSSR count). The lowest BCUT2D eigenvalue weighted by atomic mass is 10.1. The maximum atomic E-state index is 13.3. The van der Waals surface area contributed by atoms with Gasteiger partial charge in [-0.1, -0.05) is 12.1 Å². The van der Waals surface area contributed by atoms with Gasteiger partial charge in [0.1, 0.15) is 5.82 Å². The van der Waals surface area contributed by atoms with E-state index in [9.17, 15) is 8.78 Å². The predicted molar refractivity (Wildman–Crippen MR) is 95.6 cm³/mol. The minimum absolute atomic E-state index is 0.304. The zero-order chi connectivity index (χ0) is 18.0. The van der Waals surface area contributed by atoms with Crippen molar-refractivity contribution in [1.29, 1.82) is 0 Å².